The summed E-state index contributed by atoms with van der Waals surface area (Å²) in [5, 5.41) is 0. The van der Waals surface area contributed by atoms with Gasteiger partial charge in [-0.25, -0.2) is 4.98 Å². The predicted octanol–water partition coefficient (Wildman–Crippen LogP) is 3.41. The van der Waals surface area contributed by atoms with Gasteiger partial charge in [-0.15, -0.1) is 0 Å². The van der Waals surface area contributed by atoms with Gasteiger partial charge in [0.2, 0.25) is 0 Å². The molecular weight excluding hydrogens is 314 g/mol. The van der Waals surface area contributed by atoms with Gasteiger partial charge in [-0.2, -0.15) is 0 Å². The molecule has 0 saturated heterocycles. The molecule has 1 aliphatic rings. The highest BCUT2D eigenvalue weighted by molar-refractivity contribution is 5.69. The van der Waals surface area contributed by atoms with Gasteiger partial charge in [0.25, 0.3) is 0 Å². The summed E-state index contributed by atoms with van der Waals surface area (Å²) in [7, 11) is 3.24. The minimum Gasteiger partial charge on any atom is -0.493 e. The number of ether oxygens (including phenoxy) is 2. The molecule has 0 bridgehead atoms. The van der Waals surface area contributed by atoms with Crippen molar-refractivity contribution in [3.8, 4) is 22.6 Å². The van der Waals surface area contributed by atoms with Gasteiger partial charge < -0.3 is 20.9 Å². The molecule has 1 heterocycles. The highest BCUT2D eigenvalue weighted by Crippen LogP contribution is 2.38. The largest absolute Gasteiger partial charge is 0.493 e. The minimum absolute atomic E-state index is 0.230. The number of hydrogen-bond donors (Lipinski definition) is 2. The van der Waals surface area contributed by atoms with Gasteiger partial charge >= 0.3 is 0 Å². The number of rotatable bonds is 4. The quantitative estimate of drug-likeness (QED) is 0.893. The van der Waals surface area contributed by atoms with Crippen LogP contribution in [0, 0.1) is 0 Å². The second-order valence-corrected chi connectivity index (χ2v) is 6.39. The number of methoxy groups -OCH3 is 2. The Morgan fingerprint density at radius 1 is 1.04 bits per heavy atom. The third-order valence-corrected chi connectivity index (χ3v) is 4.66. The molecule has 3 rings (SSSR count). The smallest absolute Gasteiger partial charge is 0.161 e. The lowest BCUT2D eigenvalue weighted by atomic mass is 9.76. The Bertz CT molecular complexity index is 858. The van der Waals surface area contributed by atoms with Crippen LogP contribution < -0.4 is 20.9 Å². The molecule has 5 heteroatoms. The fourth-order valence-electron chi connectivity index (χ4n) is 3.05. The summed E-state index contributed by atoms with van der Waals surface area (Å²) in [4.78, 5) is 4.41. The first-order valence-electron chi connectivity index (χ1n) is 8.10. The zero-order chi connectivity index (χ0) is 18.0. The van der Waals surface area contributed by atoms with Crippen LogP contribution in [-0.4, -0.2) is 19.2 Å². The second kappa shape index (κ2) is 6.51. The number of aromatic nitrogens is 1. The molecule has 4 N–H and O–H groups in total. The second-order valence-electron chi connectivity index (χ2n) is 6.39. The summed E-state index contributed by atoms with van der Waals surface area (Å²) < 4.78 is 10.7. The highest BCUT2D eigenvalue weighted by Gasteiger charge is 2.28. The van der Waals surface area contributed by atoms with Gasteiger partial charge in [0, 0.05) is 28.4 Å². The van der Waals surface area contributed by atoms with Gasteiger partial charge in [-0.3, -0.25) is 0 Å². The molecule has 0 radical (unpaired) electrons. The fourth-order valence-corrected chi connectivity index (χ4v) is 3.05. The Hall–Kier alpha value is -2.95. The maximum atomic E-state index is 6.18. The van der Waals surface area contributed by atoms with E-state index in [9.17, 15) is 0 Å². The lowest BCUT2D eigenvalue weighted by molar-refractivity contribution is 0.355. The lowest BCUT2D eigenvalue weighted by Crippen LogP contribution is -2.23. The molecule has 0 saturated carbocycles. The van der Waals surface area contributed by atoms with E-state index in [-0.39, 0.29) is 5.41 Å². The average molecular weight is 337 g/mol. The zero-order valence-corrected chi connectivity index (χ0v) is 14.7. The number of nitrogens with zero attached hydrogens (tertiary/aromatic N) is 1. The third kappa shape index (κ3) is 3.18. The molecule has 0 fully saturated rings. The van der Waals surface area contributed by atoms with Crippen LogP contribution in [-0.2, 0) is 5.41 Å². The van der Waals surface area contributed by atoms with Gasteiger partial charge in [-0.1, -0.05) is 25.1 Å². The molecular formula is C20H23N3O2. The highest BCUT2D eigenvalue weighted by atomic mass is 16.5. The number of nitrogens with two attached hydrogens (primary N) is 2. The van der Waals surface area contributed by atoms with E-state index in [2.05, 4.69) is 24.1 Å². The van der Waals surface area contributed by atoms with Crippen molar-refractivity contribution in [1.29, 1.82) is 0 Å². The van der Waals surface area contributed by atoms with Crippen molar-refractivity contribution in [2.24, 2.45) is 5.73 Å². The van der Waals surface area contributed by atoms with E-state index in [0.29, 0.717) is 17.3 Å². The van der Waals surface area contributed by atoms with Gasteiger partial charge in [0.15, 0.2) is 11.5 Å². The molecule has 130 valence electrons. The Kier molecular flexibility index (Phi) is 4.40. The Morgan fingerprint density at radius 2 is 1.80 bits per heavy atom. The molecule has 25 heavy (non-hydrogen) atoms. The van der Waals surface area contributed by atoms with Gasteiger partial charge in [0.05, 0.1) is 14.2 Å². The van der Waals surface area contributed by atoms with E-state index in [0.717, 1.165) is 28.8 Å². The first-order valence-corrected chi connectivity index (χ1v) is 8.10. The van der Waals surface area contributed by atoms with Gasteiger partial charge in [-0.05, 0) is 36.3 Å². The van der Waals surface area contributed by atoms with Crippen LogP contribution in [0.15, 0.2) is 54.4 Å². The number of benzene rings is 1. The molecule has 1 aromatic carbocycles. The average Bonchev–Trinajstić information content (AvgIpc) is 2.64. The van der Waals surface area contributed by atoms with E-state index in [1.807, 2.05) is 30.4 Å². The summed E-state index contributed by atoms with van der Waals surface area (Å²) in [6.07, 6.45) is 8.60. The molecule has 0 aliphatic heterocycles. The van der Waals surface area contributed by atoms with Crippen molar-refractivity contribution >= 4 is 5.82 Å². The van der Waals surface area contributed by atoms with Crippen LogP contribution in [0.4, 0.5) is 5.82 Å². The minimum atomic E-state index is -0.230. The van der Waals surface area contributed by atoms with Crippen LogP contribution in [0.5, 0.6) is 11.5 Å². The van der Waals surface area contributed by atoms with E-state index < -0.39 is 0 Å². The molecule has 0 spiro atoms. The van der Waals surface area contributed by atoms with Crippen LogP contribution in [0.1, 0.15) is 18.9 Å². The van der Waals surface area contributed by atoms with Crippen molar-refractivity contribution in [2.45, 2.75) is 18.8 Å². The molecule has 1 atom stereocenters. The Morgan fingerprint density at radius 3 is 2.44 bits per heavy atom. The van der Waals surface area contributed by atoms with Crippen molar-refractivity contribution in [2.75, 3.05) is 20.0 Å². The molecule has 1 aromatic heterocycles. The van der Waals surface area contributed by atoms with E-state index in [1.165, 1.54) is 0 Å². The summed E-state index contributed by atoms with van der Waals surface area (Å²) in [5.74, 6) is 1.90. The zero-order valence-electron chi connectivity index (χ0n) is 14.7. The van der Waals surface area contributed by atoms with Crippen LogP contribution in [0.2, 0.25) is 0 Å². The molecule has 5 nitrogen and oxygen atoms in total. The number of hydrogen-bond acceptors (Lipinski definition) is 5. The van der Waals surface area contributed by atoms with E-state index >= 15 is 0 Å². The first kappa shape index (κ1) is 16.9. The SMILES string of the molecule is COc1ccc(-c2cnc(N)c(C3(C)C=CC(N)=CC3)c2)cc1OC. The summed E-state index contributed by atoms with van der Waals surface area (Å²) in [5.41, 5.74) is 15.5. The molecule has 0 amide bonds. The summed E-state index contributed by atoms with van der Waals surface area (Å²) >= 11 is 0. The fraction of sp³-hybridized carbons (Fsp3) is 0.250. The molecule has 1 unspecified atom stereocenters. The van der Waals surface area contributed by atoms with E-state index in [1.54, 1.807) is 20.4 Å². The number of anilines is 1. The molecule has 2 aromatic rings. The number of allylic oxidation sites excluding steroid dienone is 3. The third-order valence-electron chi connectivity index (χ3n) is 4.66. The van der Waals surface area contributed by atoms with Crippen LogP contribution >= 0.6 is 0 Å². The monoisotopic (exact) mass is 337 g/mol. The van der Waals surface area contributed by atoms with Crippen molar-refractivity contribution < 1.29 is 9.47 Å². The molecule has 1 aliphatic carbocycles. The van der Waals surface area contributed by atoms with Gasteiger partial charge in [0.1, 0.15) is 5.82 Å². The standard InChI is InChI=1S/C20H23N3O2/c1-20(8-6-15(21)7-9-20)16-10-14(12-23-19(16)22)13-4-5-17(24-2)18(11-13)25-3/h4-8,10-12H,9,21H2,1-3H3,(H2,22,23). The van der Waals surface area contributed by atoms with Crippen LogP contribution in [0.3, 0.4) is 0 Å². The number of pyridine rings is 1. The first-order chi connectivity index (χ1) is 12.0. The number of nitrogen functional groups attached to an aromatic ring is 1. The predicted molar refractivity (Wildman–Crippen MR) is 101 cm³/mol. The Labute approximate surface area is 148 Å². The van der Waals surface area contributed by atoms with Crippen molar-refractivity contribution in [3.63, 3.8) is 0 Å². The lowest BCUT2D eigenvalue weighted by Gasteiger charge is -2.29. The van der Waals surface area contributed by atoms with Crippen molar-refractivity contribution in [1.82, 2.24) is 4.98 Å². The van der Waals surface area contributed by atoms with E-state index in [4.69, 9.17) is 20.9 Å². The maximum Gasteiger partial charge on any atom is 0.161 e. The normalized spacial score (nSPS) is 19.4. The van der Waals surface area contributed by atoms with Crippen LogP contribution in [0.25, 0.3) is 11.1 Å². The Balaban J connectivity index is 2.04. The topological polar surface area (TPSA) is 83.4 Å². The summed E-state index contributed by atoms with van der Waals surface area (Å²) in [6, 6.07) is 7.89. The summed E-state index contributed by atoms with van der Waals surface area (Å²) in [6.45, 7) is 2.14. The maximum absolute atomic E-state index is 6.18. The van der Waals surface area contributed by atoms with Crippen molar-refractivity contribution in [3.05, 3.63) is 60.0 Å².